The van der Waals surface area contributed by atoms with E-state index < -0.39 is 5.25 Å². The van der Waals surface area contributed by atoms with Crippen molar-refractivity contribution in [1.82, 2.24) is 10.6 Å². The van der Waals surface area contributed by atoms with E-state index >= 15 is 0 Å². The molecule has 0 aliphatic carbocycles. The molecule has 1 saturated heterocycles. The zero-order valence-electron chi connectivity index (χ0n) is 17.7. The molecule has 1 fully saturated rings. The molecule has 0 saturated carbocycles. The monoisotopic (exact) mass is 444 g/mol. The van der Waals surface area contributed by atoms with Crippen LogP contribution in [0.15, 0.2) is 78.9 Å². The van der Waals surface area contributed by atoms with Crippen LogP contribution in [0.1, 0.15) is 28.4 Å². The van der Waals surface area contributed by atoms with Crippen molar-refractivity contribution in [2.75, 3.05) is 0 Å². The van der Waals surface area contributed by atoms with E-state index in [2.05, 4.69) is 41.0 Å². The Bertz CT molecular complexity index is 1150. The van der Waals surface area contributed by atoms with Gasteiger partial charge >= 0.3 is 0 Å². The highest BCUT2D eigenvalue weighted by Gasteiger charge is 2.32. The molecule has 32 heavy (non-hydrogen) atoms. The number of rotatable bonds is 7. The molecule has 2 N–H and O–H groups in total. The van der Waals surface area contributed by atoms with Crippen molar-refractivity contribution in [2.24, 2.45) is 0 Å². The van der Waals surface area contributed by atoms with Crippen molar-refractivity contribution in [3.63, 3.8) is 0 Å². The normalized spacial score (nSPS) is 16.5. The Hall–Kier alpha value is -3.38. The summed E-state index contributed by atoms with van der Waals surface area (Å²) < 4.78 is 0. The first-order chi connectivity index (χ1) is 15.5. The van der Waals surface area contributed by atoms with Crippen LogP contribution in [0.4, 0.5) is 4.79 Å². The minimum atomic E-state index is -0.505. The van der Waals surface area contributed by atoms with Crippen LogP contribution in [0.5, 0.6) is 0 Å². The highest BCUT2D eigenvalue weighted by Crippen LogP contribution is 2.25. The molecule has 1 aliphatic heterocycles. The second kappa shape index (κ2) is 9.83. The molecular weight excluding hydrogens is 420 g/mol. The van der Waals surface area contributed by atoms with Gasteiger partial charge in [-0.05, 0) is 48.1 Å². The quantitative estimate of drug-likeness (QED) is 0.558. The Balaban J connectivity index is 1.42. The lowest BCUT2D eigenvalue weighted by Gasteiger charge is -2.17. The van der Waals surface area contributed by atoms with Gasteiger partial charge in [-0.3, -0.25) is 19.7 Å². The van der Waals surface area contributed by atoms with Crippen molar-refractivity contribution < 1.29 is 14.4 Å². The van der Waals surface area contributed by atoms with Gasteiger partial charge < -0.3 is 5.32 Å². The first-order valence-electron chi connectivity index (χ1n) is 10.5. The summed E-state index contributed by atoms with van der Waals surface area (Å²) in [6, 6.07) is 25.7. The zero-order chi connectivity index (χ0) is 22.5. The number of benzene rings is 3. The zero-order valence-corrected chi connectivity index (χ0v) is 18.5. The first kappa shape index (κ1) is 21.8. The molecule has 3 aromatic carbocycles. The van der Waals surface area contributed by atoms with Crippen LogP contribution in [0.3, 0.4) is 0 Å². The van der Waals surface area contributed by atoms with Crippen LogP contribution < -0.4 is 10.6 Å². The number of carbonyl (C=O) groups excluding carboxylic acids is 3. The van der Waals surface area contributed by atoms with Crippen molar-refractivity contribution in [3.05, 3.63) is 95.6 Å². The van der Waals surface area contributed by atoms with Crippen LogP contribution in [-0.4, -0.2) is 28.3 Å². The van der Waals surface area contributed by atoms with Gasteiger partial charge in [-0.15, -0.1) is 0 Å². The lowest BCUT2D eigenvalue weighted by molar-refractivity contribution is -0.118. The predicted molar refractivity (Wildman–Crippen MR) is 128 cm³/mol. The second-order valence-corrected chi connectivity index (χ2v) is 9.07. The molecule has 6 heteroatoms. The summed E-state index contributed by atoms with van der Waals surface area (Å²) in [5.41, 5.74) is 4.74. The van der Waals surface area contributed by atoms with Crippen molar-refractivity contribution in [1.29, 1.82) is 0 Å². The molecular formula is C26H24N2O3S. The summed E-state index contributed by atoms with van der Waals surface area (Å²) in [7, 11) is 0. The third kappa shape index (κ3) is 5.26. The summed E-state index contributed by atoms with van der Waals surface area (Å²) in [5.74, 6) is -0.482. The lowest BCUT2D eigenvalue weighted by Crippen LogP contribution is -2.35. The minimum Gasteiger partial charge on any atom is -0.349 e. The molecule has 4 rings (SSSR count). The average molecular weight is 445 g/mol. The predicted octanol–water partition coefficient (Wildman–Crippen LogP) is 4.61. The summed E-state index contributed by atoms with van der Waals surface area (Å²) in [5, 5.41) is 4.53. The standard InChI is InChI=1S/C26H24N2O3S/c1-17(14-18-8-7-12-20(15-18)19-9-3-2-4-10-19)27-24(29)22-13-6-5-11-21(22)16-23-25(30)28-26(31)32-23/h2-13,15,17,23H,14,16H2,1H3,(H,27,29)(H,28,30,31). The van der Waals surface area contributed by atoms with Crippen LogP contribution in [0, 0.1) is 0 Å². The van der Waals surface area contributed by atoms with E-state index in [-0.39, 0.29) is 23.1 Å². The Kier molecular flexibility index (Phi) is 6.71. The van der Waals surface area contributed by atoms with Gasteiger partial charge in [0.15, 0.2) is 0 Å². The van der Waals surface area contributed by atoms with Crippen LogP contribution in [0.25, 0.3) is 11.1 Å². The van der Waals surface area contributed by atoms with Gasteiger partial charge in [0.1, 0.15) is 0 Å². The minimum absolute atomic E-state index is 0.0766. The maximum absolute atomic E-state index is 13.0. The fourth-order valence-electron chi connectivity index (χ4n) is 3.86. The molecule has 2 atom stereocenters. The molecule has 0 spiro atoms. The third-order valence-corrected chi connectivity index (χ3v) is 6.37. The number of thioether (sulfide) groups is 1. The molecule has 5 nitrogen and oxygen atoms in total. The van der Waals surface area contributed by atoms with Gasteiger partial charge in [-0.1, -0.05) is 84.6 Å². The molecule has 2 unspecified atom stereocenters. The van der Waals surface area contributed by atoms with E-state index in [4.69, 9.17) is 0 Å². The van der Waals surface area contributed by atoms with E-state index in [9.17, 15) is 14.4 Å². The molecule has 1 aliphatic rings. The van der Waals surface area contributed by atoms with Gasteiger partial charge in [0.05, 0.1) is 5.25 Å². The number of nitrogens with one attached hydrogen (secondary N) is 2. The van der Waals surface area contributed by atoms with E-state index in [1.807, 2.05) is 43.3 Å². The van der Waals surface area contributed by atoms with Gasteiger partial charge in [0.2, 0.25) is 5.91 Å². The van der Waals surface area contributed by atoms with Crippen molar-refractivity contribution in [3.8, 4) is 11.1 Å². The topological polar surface area (TPSA) is 75.3 Å². The van der Waals surface area contributed by atoms with E-state index in [0.29, 0.717) is 18.4 Å². The van der Waals surface area contributed by atoms with Gasteiger partial charge in [0, 0.05) is 11.6 Å². The fraction of sp³-hybridized carbons (Fsp3) is 0.192. The van der Waals surface area contributed by atoms with E-state index in [0.717, 1.165) is 34.0 Å². The van der Waals surface area contributed by atoms with Crippen molar-refractivity contribution in [2.45, 2.75) is 31.1 Å². The smallest absolute Gasteiger partial charge is 0.286 e. The molecule has 0 radical (unpaired) electrons. The number of amides is 3. The summed E-state index contributed by atoms with van der Waals surface area (Å²) >= 11 is 0.973. The number of hydrogen-bond donors (Lipinski definition) is 2. The summed E-state index contributed by atoms with van der Waals surface area (Å²) in [6.45, 7) is 1.98. The molecule has 0 bridgehead atoms. The van der Waals surface area contributed by atoms with Crippen molar-refractivity contribution >= 4 is 28.8 Å². The Labute approximate surface area is 191 Å². The molecule has 3 aromatic rings. The van der Waals surface area contributed by atoms with Crippen LogP contribution >= 0.6 is 11.8 Å². The highest BCUT2D eigenvalue weighted by molar-refractivity contribution is 8.15. The SMILES string of the molecule is CC(Cc1cccc(-c2ccccc2)c1)NC(=O)c1ccccc1CC1SC(=O)NC1=O. The molecule has 1 heterocycles. The Morgan fingerprint density at radius 1 is 0.969 bits per heavy atom. The Morgan fingerprint density at radius 3 is 2.44 bits per heavy atom. The lowest BCUT2D eigenvalue weighted by atomic mass is 9.99. The molecule has 162 valence electrons. The number of imide groups is 1. The van der Waals surface area contributed by atoms with E-state index in [1.54, 1.807) is 12.1 Å². The molecule has 0 aromatic heterocycles. The third-order valence-electron chi connectivity index (χ3n) is 5.39. The van der Waals surface area contributed by atoms with Gasteiger partial charge in [-0.2, -0.15) is 0 Å². The fourth-order valence-corrected chi connectivity index (χ4v) is 4.71. The maximum atomic E-state index is 13.0. The summed E-state index contributed by atoms with van der Waals surface area (Å²) in [6.07, 6.45) is 1.03. The van der Waals surface area contributed by atoms with Gasteiger partial charge in [0.25, 0.3) is 11.1 Å². The summed E-state index contributed by atoms with van der Waals surface area (Å²) in [4.78, 5) is 36.4. The first-order valence-corrected chi connectivity index (χ1v) is 11.4. The van der Waals surface area contributed by atoms with Crippen LogP contribution in [0.2, 0.25) is 0 Å². The average Bonchev–Trinajstić information content (AvgIpc) is 3.11. The Morgan fingerprint density at radius 2 is 1.69 bits per heavy atom. The number of carbonyl (C=O) groups is 3. The second-order valence-electron chi connectivity index (χ2n) is 7.89. The largest absolute Gasteiger partial charge is 0.349 e. The van der Waals surface area contributed by atoms with Gasteiger partial charge in [-0.25, -0.2) is 0 Å². The van der Waals surface area contributed by atoms with E-state index in [1.165, 1.54) is 0 Å². The maximum Gasteiger partial charge on any atom is 0.286 e. The van der Waals surface area contributed by atoms with Crippen LogP contribution in [-0.2, 0) is 17.6 Å². The highest BCUT2D eigenvalue weighted by atomic mass is 32.2. The molecule has 3 amide bonds. The number of hydrogen-bond acceptors (Lipinski definition) is 4.